The highest BCUT2D eigenvalue weighted by molar-refractivity contribution is 5.86. The van der Waals surface area contributed by atoms with Crippen LogP contribution >= 0.6 is 0 Å². The highest BCUT2D eigenvalue weighted by Gasteiger charge is 2.20. The van der Waals surface area contributed by atoms with E-state index in [0.717, 1.165) is 31.0 Å². The summed E-state index contributed by atoms with van der Waals surface area (Å²) in [5, 5.41) is 0. The van der Waals surface area contributed by atoms with Crippen LogP contribution in [0.25, 0.3) is 0 Å². The molecule has 1 aliphatic heterocycles. The Balaban J connectivity index is 1.71. The molecule has 5 heteroatoms. The van der Waals surface area contributed by atoms with Crippen molar-refractivity contribution in [1.82, 2.24) is 4.90 Å². The molecule has 2 N–H and O–H groups in total. The number of fused-ring (bicyclic) bond motifs is 1. The molecular weight excluding hydrogens is 268 g/mol. The van der Waals surface area contributed by atoms with Gasteiger partial charge in [0, 0.05) is 18.8 Å². The first-order chi connectivity index (χ1) is 10.2. The molecule has 0 fully saturated rings. The lowest BCUT2D eigenvalue weighted by Gasteiger charge is -2.28. The van der Waals surface area contributed by atoms with Gasteiger partial charge in [-0.3, -0.25) is 4.90 Å². The first-order valence-electron chi connectivity index (χ1n) is 6.93. The molecule has 0 saturated heterocycles. The van der Waals surface area contributed by atoms with E-state index >= 15 is 0 Å². The molecular formula is C16H18N2O3. The summed E-state index contributed by atoms with van der Waals surface area (Å²) in [6.07, 6.45) is 0.977. The molecule has 0 saturated carbocycles. The maximum atomic E-state index is 11.4. The standard InChI is InChI=1S/C16H18N2O3/c1-20-16(19)15-6-5-12(21-15)9-18-8-7-11-3-2-4-14(17)13(11)10-18/h2-6H,7-10,17H2,1H3. The van der Waals surface area contributed by atoms with E-state index in [9.17, 15) is 4.79 Å². The summed E-state index contributed by atoms with van der Waals surface area (Å²) in [6, 6.07) is 9.53. The number of benzene rings is 1. The molecule has 0 spiro atoms. The molecule has 5 nitrogen and oxygen atoms in total. The van der Waals surface area contributed by atoms with Crippen LogP contribution in [0.3, 0.4) is 0 Å². The number of nitrogens with zero attached hydrogens (tertiary/aromatic N) is 1. The number of furan rings is 1. The zero-order valence-electron chi connectivity index (χ0n) is 12.0. The summed E-state index contributed by atoms with van der Waals surface area (Å²) in [7, 11) is 1.34. The van der Waals surface area contributed by atoms with Gasteiger partial charge in [-0.05, 0) is 35.7 Å². The summed E-state index contributed by atoms with van der Waals surface area (Å²) < 4.78 is 10.1. The highest BCUT2D eigenvalue weighted by Crippen LogP contribution is 2.25. The van der Waals surface area contributed by atoms with Crippen molar-refractivity contribution in [3.63, 3.8) is 0 Å². The maximum Gasteiger partial charge on any atom is 0.373 e. The van der Waals surface area contributed by atoms with E-state index in [1.54, 1.807) is 6.07 Å². The first kappa shape index (κ1) is 13.7. The Bertz CT molecular complexity index is 663. The second kappa shape index (κ2) is 5.61. The Morgan fingerprint density at radius 3 is 3.05 bits per heavy atom. The van der Waals surface area contributed by atoms with Gasteiger partial charge in [0.05, 0.1) is 13.7 Å². The third-order valence-corrected chi connectivity index (χ3v) is 3.82. The third-order valence-electron chi connectivity index (χ3n) is 3.82. The summed E-state index contributed by atoms with van der Waals surface area (Å²) in [6.45, 7) is 2.41. The van der Waals surface area contributed by atoms with Gasteiger partial charge in [0.2, 0.25) is 5.76 Å². The molecule has 0 unspecified atom stereocenters. The monoisotopic (exact) mass is 286 g/mol. The number of rotatable bonds is 3. The number of carbonyl (C=O) groups excluding carboxylic acids is 1. The van der Waals surface area contributed by atoms with E-state index in [0.29, 0.717) is 6.54 Å². The Labute approximate surface area is 123 Å². The Hall–Kier alpha value is -2.27. The number of nitrogens with two attached hydrogens (primary N) is 1. The molecule has 110 valence electrons. The number of anilines is 1. The Morgan fingerprint density at radius 2 is 2.24 bits per heavy atom. The van der Waals surface area contributed by atoms with Crippen molar-refractivity contribution in [2.45, 2.75) is 19.5 Å². The van der Waals surface area contributed by atoms with Gasteiger partial charge in [-0.2, -0.15) is 0 Å². The van der Waals surface area contributed by atoms with Gasteiger partial charge in [0.15, 0.2) is 0 Å². The molecule has 0 radical (unpaired) electrons. The molecule has 0 aliphatic carbocycles. The van der Waals surface area contributed by atoms with Gasteiger partial charge in [-0.1, -0.05) is 12.1 Å². The van der Waals surface area contributed by atoms with Crippen LogP contribution in [0, 0.1) is 0 Å². The quantitative estimate of drug-likeness (QED) is 0.692. The predicted molar refractivity (Wildman–Crippen MR) is 78.7 cm³/mol. The normalized spacial score (nSPS) is 14.7. The number of hydrogen-bond acceptors (Lipinski definition) is 5. The van der Waals surface area contributed by atoms with Crippen molar-refractivity contribution in [3.8, 4) is 0 Å². The predicted octanol–water partition coefficient (Wildman–Crippen LogP) is 2.21. The van der Waals surface area contributed by atoms with E-state index in [1.807, 2.05) is 18.2 Å². The number of ether oxygens (including phenoxy) is 1. The zero-order valence-corrected chi connectivity index (χ0v) is 12.0. The fourth-order valence-corrected chi connectivity index (χ4v) is 2.69. The van der Waals surface area contributed by atoms with E-state index in [2.05, 4.69) is 15.7 Å². The lowest BCUT2D eigenvalue weighted by molar-refractivity contribution is 0.0561. The lowest BCUT2D eigenvalue weighted by Crippen LogP contribution is -2.30. The van der Waals surface area contributed by atoms with Crippen LogP contribution in [0.5, 0.6) is 0 Å². The Kier molecular flexibility index (Phi) is 3.66. The van der Waals surface area contributed by atoms with Crippen LogP contribution in [-0.2, 0) is 24.2 Å². The molecule has 1 aromatic heterocycles. The molecule has 3 rings (SSSR count). The first-order valence-corrected chi connectivity index (χ1v) is 6.93. The van der Waals surface area contributed by atoms with E-state index in [1.165, 1.54) is 18.2 Å². The van der Waals surface area contributed by atoms with E-state index < -0.39 is 5.97 Å². The summed E-state index contributed by atoms with van der Waals surface area (Å²) in [4.78, 5) is 13.6. The summed E-state index contributed by atoms with van der Waals surface area (Å²) in [5.41, 5.74) is 9.41. The van der Waals surface area contributed by atoms with Crippen LogP contribution in [-0.4, -0.2) is 24.5 Å². The molecule has 0 bridgehead atoms. The minimum atomic E-state index is -0.450. The van der Waals surface area contributed by atoms with Crippen molar-refractivity contribution in [2.75, 3.05) is 19.4 Å². The lowest BCUT2D eigenvalue weighted by atomic mass is 9.98. The van der Waals surface area contributed by atoms with Crippen LogP contribution in [0.15, 0.2) is 34.7 Å². The van der Waals surface area contributed by atoms with Crippen molar-refractivity contribution in [2.24, 2.45) is 0 Å². The second-order valence-corrected chi connectivity index (χ2v) is 5.20. The van der Waals surface area contributed by atoms with Crippen LogP contribution in [0.4, 0.5) is 5.69 Å². The summed E-state index contributed by atoms with van der Waals surface area (Å²) in [5.74, 6) is 0.548. The molecule has 2 heterocycles. The number of nitrogen functional groups attached to an aromatic ring is 1. The second-order valence-electron chi connectivity index (χ2n) is 5.20. The topological polar surface area (TPSA) is 68.7 Å². The Morgan fingerprint density at radius 1 is 1.38 bits per heavy atom. The molecule has 0 amide bonds. The van der Waals surface area contributed by atoms with Crippen molar-refractivity contribution >= 4 is 11.7 Å². The molecule has 0 atom stereocenters. The van der Waals surface area contributed by atoms with E-state index in [-0.39, 0.29) is 5.76 Å². The van der Waals surface area contributed by atoms with Gasteiger partial charge < -0.3 is 14.9 Å². The van der Waals surface area contributed by atoms with Crippen LogP contribution in [0.1, 0.15) is 27.4 Å². The van der Waals surface area contributed by atoms with Gasteiger partial charge in [0.1, 0.15) is 5.76 Å². The van der Waals surface area contributed by atoms with Gasteiger partial charge in [-0.15, -0.1) is 0 Å². The summed E-state index contributed by atoms with van der Waals surface area (Å²) >= 11 is 0. The number of carbonyl (C=O) groups is 1. The van der Waals surface area contributed by atoms with Crippen molar-refractivity contribution in [3.05, 3.63) is 53.0 Å². The molecule has 21 heavy (non-hydrogen) atoms. The molecule has 1 aromatic carbocycles. The fourth-order valence-electron chi connectivity index (χ4n) is 2.69. The smallest absolute Gasteiger partial charge is 0.373 e. The third kappa shape index (κ3) is 2.78. The fraction of sp³-hybridized carbons (Fsp3) is 0.312. The van der Waals surface area contributed by atoms with Gasteiger partial charge >= 0.3 is 5.97 Å². The molecule has 2 aromatic rings. The SMILES string of the molecule is COC(=O)c1ccc(CN2CCc3cccc(N)c3C2)o1. The van der Waals surface area contributed by atoms with E-state index in [4.69, 9.17) is 10.2 Å². The van der Waals surface area contributed by atoms with Crippen molar-refractivity contribution in [1.29, 1.82) is 0 Å². The number of esters is 1. The molecule has 1 aliphatic rings. The number of methoxy groups -OCH3 is 1. The van der Waals surface area contributed by atoms with Gasteiger partial charge in [0.25, 0.3) is 0 Å². The minimum absolute atomic E-state index is 0.240. The average molecular weight is 286 g/mol. The van der Waals surface area contributed by atoms with Crippen molar-refractivity contribution < 1.29 is 13.9 Å². The van der Waals surface area contributed by atoms with Crippen LogP contribution in [0.2, 0.25) is 0 Å². The van der Waals surface area contributed by atoms with Gasteiger partial charge in [-0.25, -0.2) is 4.79 Å². The zero-order chi connectivity index (χ0) is 14.8. The number of hydrogen-bond donors (Lipinski definition) is 1. The highest BCUT2D eigenvalue weighted by atomic mass is 16.5. The average Bonchev–Trinajstić information content (AvgIpc) is 2.96. The van der Waals surface area contributed by atoms with Crippen LogP contribution < -0.4 is 5.73 Å². The maximum absolute atomic E-state index is 11.4. The largest absolute Gasteiger partial charge is 0.463 e. The minimum Gasteiger partial charge on any atom is -0.463 e.